The highest BCUT2D eigenvalue weighted by Crippen LogP contribution is 2.28. The monoisotopic (exact) mass is 285 g/mol. The second-order valence-electron chi connectivity index (χ2n) is 6.59. The van der Waals surface area contributed by atoms with Crippen molar-refractivity contribution in [1.82, 2.24) is 9.80 Å². The zero-order valence-electron chi connectivity index (χ0n) is 12.6. The second kappa shape index (κ2) is 6.66. The highest BCUT2D eigenvalue weighted by atomic mass is 32.1. The molecule has 110 valence electrons. The van der Waals surface area contributed by atoms with E-state index in [4.69, 9.17) is 18.0 Å². The van der Waals surface area contributed by atoms with Gasteiger partial charge in [-0.25, -0.2) is 0 Å². The maximum absolute atomic E-state index is 12.2. The number of thiocarbonyl (C=S) groups is 1. The highest BCUT2D eigenvalue weighted by Gasteiger charge is 2.27. The highest BCUT2D eigenvalue weighted by molar-refractivity contribution is 7.80. The van der Waals surface area contributed by atoms with Gasteiger partial charge < -0.3 is 10.6 Å². The minimum Gasteiger partial charge on any atom is -0.392 e. The Morgan fingerprint density at radius 3 is 2.21 bits per heavy atom. The summed E-state index contributed by atoms with van der Waals surface area (Å²) in [6, 6.07) is 0. The van der Waals surface area contributed by atoms with Crippen LogP contribution in [0.3, 0.4) is 0 Å². The van der Waals surface area contributed by atoms with Crippen molar-refractivity contribution >= 4 is 23.1 Å². The molecule has 1 amide bonds. The zero-order valence-corrected chi connectivity index (χ0v) is 13.4. The molecule has 1 unspecified atom stereocenters. The van der Waals surface area contributed by atoms with E-state index in [1.807, 2.05) is 4.90 Å². The summed E-state index contributed by atoms with van der Waals surface area (Å²) in [6.45, 7) is 12.7. The van der Waals surface area contributed by atoms with Gasteiger partial charge in [0.15, 0.2) is 0 Å². The summed E-state index contributed by atoms with van der Waals surface area (Å²) in [6.07, 6.45) is 0.638. The van der Waals surface area contributed by atoms with Crippen molar-refractivity contribution in [3.63, 3.8) is 0 Å². The van der Waals surface area contributed by atoms with Crippen LogP contribution >= 0.6 is 12.2 Å². The third-order valence-electron chi connectivity index (χ3n) is 4.06. The van der Waals surface area contributed by atoms with Crippen LogP contribution in [-0.2, 0) is 4.79 Å². The standard InChI is InChI=1S/C14H27N3OS/c1-11(14(2,3)4)9-13(18)17-7-5-16(6-8-17)10-12(15)19/h11H,5-10H2,1-4H3,(H2,15,19). The lowest BCUT2D eigenvalue weighted by Gasteiger charge is -2.36. The molecule has 1 rings (SSSR count). The molecule has 0 radical (unpaired) electrons. The van der Waals surface area contributed by atoms with E-state index in [9.17, 15) is 4.79 Å². The zero-order chi connectivity index (χ0) is 14.6. The first-order valence-electron chi connectivity index (χ1n) is 6.98. The molecule has 1 heterocycles. The third kappa shape index (κ3) is 5.45. The molecule has 0 aromatic carbocycles. The van der Waals surface area contributed by atoms with Gasteiger partial charge in [0.1, 0.15) is 0 Å². The fraction of sp³-hybridized carbons (Fsp3) is 0.857. The Morgan fingerprint density at radius 2 is 1.79 bits per heavy atom. The molecule has 1 aliphatic heterocycles. The molecule has 0 aromatic heterocycles. The molecule has 2 N–H and O–H groups in total. The van der Waals surface area contributed by atoms with Gasteiger partial charge >= 0.3 is 0 Å². The molecule has 1 aliphatic rings. The maximum atomic E-state index is 12.2. The molecule has 1 fully saturated rings. The average molecular weight is 285 g/mol. The molecule has 0 bridgehead atoms. The Labute approximate surface area is 122 Å². The van der Waals surface area contributed by atoms with E-state index in [0.29, 0.717) is 23.9 Å². The minimum atomic E-state index is 0.184. The van der Waals surface area contributed by atoms with E-state index < -0.39 is 0 Å². The molecule has 19 heavy (non-hydrogen) atoms. The number of carbonyl (C=O) groups excluding carboxylic acids is 1. The predicted octanol–water partition coefficient (Wildman–Crippen LogP) is 1.49. The molecule has 0 aromatic rings. The topological polar surface area (TPSA) is 49.6 Å². The number of nitrogens with zero attached hydrogens (tertiary/aromatic N) is 2. The van der Waals surface area contributed by atoms with E-state index in [1.165, 1.54) is 0 Å². The van der Waals surface area contributed by atoms with Gasteiger partial charge in [0, 0.05) is 39.1 Å². The summed E-state index contributed by atoms with van der Waals surface area (Å²) in [7, 11) is 0. The normalized spacial score (nSPS) is 19.3. The van der Waals surface area contributed by atoms with Gasteiger partial charge in [0.25, 0.3) is 0 Å². The van der Waals surface area contributed by atoms with Crippen molar-refractivity contribution in [1.29, 1.82) is 0 Å². The molecule has 4 nitrogen and oxygen atoms in total. The first kappa shape index (κ1) is 16.4. The Balaban J connectivity index is 2.39. The van der Waals surface area contributed by atoms with Gasteiger partial charge in [-0.2, -0.15) is 0 Å². The molecular weight excluding hydrogens is 258 g/mol. The van der Waals surface area contributed by atoms with E-state index in [-0.39, 0.29) is 11.3 Å². The van der Waals surface area contributed by atoms with Crippen LogP contribution in [0.2, 0.25) is 0 Å². The molecule has 0 saturated carbocycles. The van der Waals surface area contributed by atoms with Crippen LogP contribution in [0, 0.1) is 11.3 Å². The van der Waals surface area contributed by atoms with Crippen molar-refractivity contribution in [2.45, 2.75) is 34.1 Å². The summed E-state index contributed by atoms with van der Waals surface area (Å²) in [4.78, 5) is 16.9. The Hall–Kier alpha value is -0.680. The molecule has 0 spiro atoms. The molecule has 0 aliphatic carbocycles. The van der Waals surface area contributed by atoms with E-state index in [0.717, 1.165) is 26.2 Å². The van der Waals surface area contributed by atoms with Crippen LogP contribution in [0.15, 0.2) is 0 Å². The van der Waals surface area contributed by atoms with Gasteiger partial charge in [0.2, 0.25) is 5.91 Å². The van der Waals surface area contributed by atoms with Gasteiger partial charge in [-0.1, -0.05) is 39.9 Å². The van der Waals surface area contributed by atoms with E-state index >= 15 is 0 Å². The lowest BCUT2D eigenvalue weighted by Crippen LogP contribution is -2.50. The van der Waals surface area contributed by atoms with Crippen LogP contribution in [-0.4, -0.2) is 53.4 Å². The van der Waals surface area contributed by atoms with Gasteiger partial charge in [-0.05, 0) is 11.3 Å². The van der Waals surface area contributed by atoms with Crippen molar-refractivity contribution in [2.75, 3.05) is 32.7 Å². The van der Waals surface area contributed by atoms with Crippen molar-refractivity contribution in [2.24, 2.45) is 17.1 Å². The quantitative estimate of drug-likeness (QED) is 0.795. The predicted molar refractivity (Wildman–Crippen MR) is 83.0 cm³/mol. The van der Waals surface area contributed by atoms with Crippen LogP contribution in [0.25, 0.3) is 0 Å². The van der Waals surface area contributed by atoms with Crippen LogP contribution in [0.5, 0.6) is 0 Å². The summed E-state index contributed by atoms with van der Waals surface area (Å²) in [5.41, 5.74) is 5.72. The lowest BCUT2D eigenvalue weighted by molar-refractivity contribution is -0.134. The summed E-state index contributed by atoms with van der Waals surface area (Å²) in [5.74, 6) is 0.673. The molecule has 5 heteroatoms. The van der Waals surface area contributed by atoms with Crippen LogP contribution < -0.4 is 5.73 Å². The van der Waals surface area contributed by atoms with Gasteiger partial charge in [-0.3, -0.25) is 9.69 Å². The van der Waals surface area contributed by atoms with Gasteiger partial charge in [0.05, 0.1) is 4.99 Å². The summed E-state index contributed by atoms with van der Waals surface area (Å²) in [5, 5.41) is 0. The first-order chi connectivity index (χ1) is 8.70. The fourth-order valence-corrected chi connectivity index (χ4v) is 2.26. The van der Waals surface area contributed by atoms with E-state index in [1.54, 1.807) is 0 Å². The number of hydrogen-bond donors (Lipinski definition) is 1. The largest absolute Gasteiger partial charge is 0.392 e. The van der Waals surface area contributed by atoms with Crippen molar-refractivity contribution in [3.05, 3.63) is 0 Å². The first-order valence-corrected chi connectivity index (χ1v) is 7.39. The average Bonchev–Trinajstić information content (AvgIpc) is 2.27. The SMILES string of the molecule is CC(CC(=O)N1CCN(CC(N)=S)CC1)C(C)(C)C. The summed E-state index contributed by atoms with van der Waals surface area (Å²) >= 11 is 4.91. The molecule has 1 atom stereocenters. The third-order valence-corrected chi connectivity index (χ3v) is 4.19. The Bertz CT molecular complexity index is 330. The molecule has 1 saturated heterocycles. The minimum absolute atomic E-state index is 0.184. The van der Waals surface area contributed by atoms with Crippen molar-refractivity contribution in [3.8, 4) is 0 Å². The Morgan fingerprint density at radius 1 is 1.26 bits per heavy atom. The number of hydrogen-bond acceptors (Lipinski definition) is 3. The van der Waals surface area contributed by atoms with Crippen LogP contribution in [0.4, 0.5) is 0 Å². The Kier molecular flexibility index (Phi) is 5.74. The van der Waals surface area contributed by atoms with Gasteiger partial charge in [-0.15, -0.1) is 0 Å². The van der Waals surface area contributed by atoms with Crippen LogP contribution in [0.1, 0.15) is 34.1 Å². The maximum Gasteiger partial charge on any atom is 0.222 e. The number of piperazine rings is 1. The second-order valence-corrected chi connectivity index (χ2v) is 7.12. The smallest absolute Gasteiger partial charge is 0.222 e. The fourth-order valence-electron chi connectivity index (χ4n) is 2.07. The number of carbonyl (C=O) groups is 1. The molecular formula is C14H27N3OS. The number of rotatable bonds is 4. The van der Waals surface area contributed by atoms with Crippen molar-refractivity contribution < 1.29 is 4.79 Å². The summed E-state index contributed by atoms with van der Waals surface area (Å²) < 4.78 is 0. The lowest BCUT2D eigenvalue weighted by atomic mass is 9.80. The number of nitrogens with two attached hydrogens (primary N) is 1. The van der Waals surface area contributed by atoms with E-state index in [2.05, 4.69) is 32.6 Å². The number of amides is 1.